The molecule has 2 aromatic rings. The second-order valence-corrected chi connectivity index (χ2v) is 7.21. The molecule has 1 saturated heterocycles. The van der Waals surface area contributed by atoms with Crippen molar-refractivity contribution in [2.24, 2.45) is 14.1 Å². The highest BCUT2D eigenvalue weighted by Gasteiger charge is 2.17. The van der Waals surface area contributed by atoms with Gasteiger partial charge in [-0.15, -0.1) is 0 Å². The number of aryl methyl sites for hydroxylation is 1. The lowest BCUT2D eigenvalue weighted by molar-refractivity contribution is 0.243. The molecule has 1 fully saturated rings. The van der Waals surface area contributed by atoms with Crippen LogP contribution in [-0.4, -0.2) is 45.1 Å². The van der Waals surface area contributed by atoms with Gasteiger partial charge >= 0.3 is 5.69 Å². The van der Waals surface area contributed by atoms with Gasteiger partial charge in [-0.3, -0.25) is 23.7 Å². The Hall–Kier alpha value is -2.18. The zero-order valence-corrected chi connectivity index (χ0v) is 15.9. The molecule has 0 amide bonds. The molecule has 1 aromatic heterocycles. The van der Waals surface area contributed by atoms with Crippen molar-refractivity contribution in [3.8, 4) is 0 Å². The van der Waals surface area contributed by atoms with Crippen molar-refractivity contribution in [1.29, 1.82) is 0 Å². The molecule has 0 aliphatic carbocycles. The molecule has 0 N–H and O–H groups in total. The maximum atomic E-state index is 12.1. The number of aromatic nitrogens is 2. The Morgan fingerprint density at radius 1 is 0.885 bits per heavy atom. The Kier molecular flexibility index (Phi) is 5.74. The molecule has 1 aromatic carbocycles. The summed E-state index contributed by atoms with van der Waals surface area (Å²) >= 11 is 0. The molecule has 0 radical (unpaired) electrons. The van der Waals surface area contributed by atoms with Crippen LogP contribution in [0.2, 0.25) is 0 Å². The fourth-order valence-corrected chi connectivity index (χ4v) is 3.53. The Bertz CT molecular complexity index is 884. The number of nitrogens with zero attached hydrogens (tertiary/aromatic N) is 4. The summed E-state index contributed by atoms with van der Waals surface area (Å²) in [7, 11) is 3.25. The topological polar surface area (TPSA) is 50.5 Å². The minimum absolute atomic E-state index is 0.237. The van der Waals surface area contributed by atoms with Gasteiger partial charge in [-0.05, 0) is 37.6 Å². The fourth-order valence-electron chi connectivity index (χ4n) is 3.53. The third-order valence-corrected chi connectivity index (χ3v) is 5.35. The zero-order valence-electron chi connectivity index (χ0n) is 15.9. The van der Waals surface area contributed by atoms with Gasteiger partial charge in [0.25, 0.3) is 5.56 Å². The van der Waals surface area contributed by atoms with Crippen LogP contribution in [0.25, 0.3) is 0 Å². The third-order valence-electron chi connectivity index (χ3n) is 5.35. The summed E-state index contributed by atoms with van der Waals surface area (Å²) in [6.45, 7) is 7.76. The predicted octanol–water partition coefficient (Wildman–Crippen LogP) is 1.10. The van der Waals surface area contributed by atoms with Crippen LogP contribution in [0.5, 0.6) is 0 Å². The van der Waals surface area contributed by atoms with Gasteiger partial charge in [0.15, 0.2) is 0 Å². The van der Waals surface area contributed by atoms with Gasteiger partial charge in [-0.1, -0.05) is 24.3 Å². The van der Waals surface area contributed by atoms with Crippen LogP contribution < -0.4 is 11.2 Å². The van der Waals surface area contributed by atoms with Crippen LogP contribution in [-0.2, 0) is 27.2 Å². The van der Waals surface area contributed by atoms with Crippen molar-refractivity contribution >= 4 is 0 Å². The van der Waals surface area contributed by atoms with Gasteiger partial charge in [0.1, 0.15) is 0 Å². The van der Waals surface area contributed by atoms with Gasteiger partial charge < -0.3 is 0 Å². The molecule has 0 atom stereocenters. The molecule has 3 rings (SSSR count). The van der Waals surface area contributed by atoms with E-state index >= 15 is 0 Å². The minimum Gasteiger partial charge on any atom is -0.299 e. The van der Waals surface area contributed by atoms with Crippen LogP contribution in [0, 0.1) is 6.92 Å². The lowest BCUT2D eigenvalue weighted by Gasteiger charge is -2.23. The molecule has 26 heavy (non-hydrogen) atoms. The fraction of sp³-hybridized carbons (Fsp3) is 0.500. The molecule has 1 aliphatic rings. The largest absolute Gasteiger partial charge is 0.330 e. The van der Waals surface area contributed by atoms with Crippen molar-refractivity contribution in [1.82, 2.24) is 18.9 Å². The monoisotopic (exact) mass is 356 g/mol. The highest BCUT2D eigenvalue weighted by atomic mass is 16.2. The summed E-state index contributed by atoms with van der Waals surface area (Å²) in [4.78, 5) is 28.9. The Morgan fingerprint density at radius 2 is 1.54 bits per heavy atom. The van der Waals surface area contributed by atoms with E-state index in [9.17, 15) is 9.59 Å². The molecule has 6 heteroatoms. The lowest BCUT2D eigenvalue weighted by Crippen LogP contribution is -2.40. The smallest absolute Gasteiger partial charge is 0.299 e. The zero-order chi connectivity index (χ0) is 18.7. The highest BCUT2D eigenvalue weighted by molar-refractivity contribution is 5.25. The first-order valence-corrected chi connectivity index (χ1v) is 9.21. The number of hydrogen-bond acceptors (Lipinski definition) is 4. The lowest BCUT2D eigenvalue weighted by atomic mass is 10.1. The van der Waals surface area contributed by atoms with E-state index in [-0.39, 0.29) is 11.2 Å². The Balaban J connectivity index is 1.65. The van der Waals surface area contributed by atoms with Crippen LogP contribution in [0.4, 0.5) is 0 Å². The average Bonchev–Trinajstić information content (AvgIpc) is 2.85. The van der Waals surface area contributed by atoms with E-state index in [1.165, 1.54) is 18.2 Å². The molecule has 1 aliphatic heterocycles. The molecule has 0 bridgehead atoms. The first-order valence-electron chi connectivity index (χ1n) is 9.21. The van der Waals surface area contributed by atoms with Crippen LogP contribution in [0.3, 0.4) is 0 Å². The molecule has 2 heterocycles. The van der Waals surface area contributed by atoms with Crippen molar-refractivity contribution in [2.75, 3.05) is 26.2 Å². The van der Waals surface area contributed by atoms with Gasteiger partial charge in [0, 0.05) is 52.0 Å². The Morgan fingerprint density at radius 3 is 2.23 bits per heavy atom. The van der Waals surface area contributed by atoms with Crippen LogP contribution in [0.15, 0.2) is 39.9 Å². The minimum atomic E-state index is -0.261. The predicted molar refractivity (Wildman–Crippen MR) is 103 cm³/mol. The van der Waals surface area contributed by atoms with Crippen molar-refractivity contribution in [2.45, 2.75) is 26.4 Å². The van der Waals surface area contributed by atoms with Crippen molar-refractivity contribution < 1.29 is 0 Å². The molecule has 0 spiro atoms. The van der Waals surface area contributed by atoms with E-state index in [1.807, 2.05) is 0 Å². The molecular formula is C20H28N4O2. The van der Waals surface area contributed by atoms with Crippen LogP contribution in [0.1, 0.15) is 23.2 Å². The van der Waals surface area contributed by atoms with Gasteiger partial charge in [0.2, 0.25) is 0 Å². The summed E-state index contributed by atoms with van der Waals surface area (Å²) in [5.41, 5.74) is 3.01. The van der Waals surface area contributed by atoms with Crippen molar-refractivity contribution in [3.05, 3.63) is 68.0 Å². The first kappa shape index (κ1) is 18.6. The van der Waals surface area contributed by atoms with E-state index < -0.39 is 0 Å². The quantitative estimate of drug-likeness (QED) is 0.823. The van der Waals surface area contributed by atoms with Gasteiger partial charge in [0.05, 0.1) is 0 Å². The van der Waals surface area contributed by atoms with E-state index in [2.05, 4.69) is 41.0 Å². The molecule has 0 saturated carbocycles. The van der Waals surface area contributed by atoms with Crippen LogP contribution >= 0.6 is 0 Å². The molecule has 6 nitrogen and oxygen atoms in total. The second kappa shape index (κ2) is 8.01. The average molecular weight is 356 g/mol. The SMILES string of the molecule is Cc1ccccc1CN1CCCN(Cc2cc(=O)n(C)c(=O)n2C)CC1. The summed E-state index contributed by atoms with van der Waals surface area (Å²) in [6.07, 6.45) is 1.09. The maximum absolute atomic E-state index is 12.1. The molecule has 140 valence electrons. The van der Waals surface area contributed by atoms with E-state index in [0.717, 1.165) is 49.4 Å². The number of rotatable bonds is 4. The summed E-state index contributed by atoms with van der Waals surface area (Å²) in [5, 5.41) is 0. The summed E-state index contributed by atoms with van der Waals surface area (Å²) in [5.74, 6) is 0. The maximum Gasteiger partial charge on any atom is 0.330 e. The molecular weight excluding hydrogens is 328 g/mol. The van der Waals surface area contributed by atoms with E-state index in [4.69, 9.17) is 0 Å². The van der Waals surface area contributed by atoms with E-state index in [0.29, 0.717) is 6.54 Å². The molecule has 0 unspecified atom stereocenters. The highest BCUT2D eigenvalue weighted by Crippen LogP contribution is 2.13. The normalized spacial score (nSPS) is 16.6. The van der Waals surface area contributed by atoms with E-state index in [1.54, 1.807) is 17.7 Å². The van der Waals surface area contributed by atoms with Gasteiger partial charge in [-0.2, -0.15) is 0 Å². The number of hydrogen-bond donors (Lipinski definition) is 0. The van der Waals surface area contributed by atoms with Gasteiger partial charge in [-0.25, -0.2) is 4.79 Å². The standard InChI is InChI=1S/C20H28N4O2/c1-16-7-4-5-8-17(16)14-23-9-6-10-24(12-11-23)15-18-13-19(25)22(3)20(26)21(18)2/h4-5,7-8,13H,6,9-12,14-15H2,1-3H3. The summed E-state index contributed by atoms with van der Waals surface area (Å²) < 4.78 is 2.73. The Labute approximate surface area is 154 Å². The number of benzene rings is 1. The first-order chi connectivity index (χ1) is 12.5. The second-order valence-electron chi connectivity index (χ2n) is 7.21. The van der Waals surface area contributed by atoms with Crippen molar-refractivity contribution in [3.63, 3.8) is 0 Å². The third kappa shape index (κ3) is 4.14. The summed E-state index contributed by atoms with van der Waals surface area (Å²) in [6, 6.07) is 10.1.